The summed E-state index contributed by atoms with van der Waals surface area (Å²) in [7, 11) is 0. The molecule has 0 fully saturated rings. The highest BCUT2D eigenvalue weighted by Crippen LogP contribution is 2.18. The highest BCUT2D eigenvalue weighted by molar-refractivity contribution is 6.03. The molecule has 270 valence electrons. The maximum atomic E-state index is 11.2. The first-order valence-electron chi connectivity index (χ1n) is 17.0. The summed E-state index contributed by atoms with van der Waals surface area (Å²) in [5.41, 5.74) is 11.7. The third-order valence-corrected chi connectivity index (χ3v) is 8.28. The van der Waals surface area contributed by atoms with Gasteiger partial charge < -0.3 is 25.4 Å². The number of carboxylic acids is 2. The molecule has 7 heterocycles. The van der Waals surface area contributed by atoms with Gasteiger partial charge in [0, 0.05) is 43.3 Å². The van der Waals surface area contributed by atoms with Crippen molar-refractivity contribution in [3.63, 3.8) is 0 Å². The van der Waals surface area contributed by atoms with Crippen molar-refractivity contribution < 1.29 is 38.9 Å². The van der Waals surface area contributed by atoms with E-state index in [4.69, 9.17) is 25.4 Å². The Hall–Kier alpha value is -5.28. The fourth-order valence-electron chi connectivity index (χ4n) is 6.00. The topological polar surface area (TPSA) is 219 Å². The van der Waals surface area contributed by atoms with Gasteiger partial charge in [-0.05, 0) is 89.1 Å². The van der Waals surface area contributed by atoms with Gasteiger partial charge in [0.15, 0.2) is 5.69 Å². The smallest absolute Gasteiger partial charge is 0.356 e. The number of nitrogens with two attached hydrogens (primary N) is 1. The number of aryl methyl sites for hydroxylation is 5. The first-order valence-corrected chi connectivity index (χ1v) is 17.0. The van der Waals surface area contributed by atoms with Gasteiger partial charge in [-0.2, -0.15) is 15.3 Å². The van der Waals surface area contributed by atoms with Gasteiger partial charge >= 0.3 is 23.9 Å². The summed E-state index contributed by atoms with van der Waals surface area (Å²) >= 11 is 0. The number of hydrogen-bond acceptors (Lipinski definition) is 11. The first kappa shape index (κ1) is 37.5. The molecule has 16 heteroatoms. The molecule has 0 spiro atoms. The zero-order valence-corrected chi connectivity index (χ0v) is 28.7. The fraction of sp³-hybridized carbons (Fsp3) is 0.529. The van der Waals surface area contributed by atoms with E-state index in [0.717, 1.165) is 99.5 Å². The van der Waals surface area contributed by atoms with Crippen LogP contribution < -0.4 is 5.73 Å². The summed E-state index contributed by atoms with van der Waals surface area (Å²) in [6.45, 7) is 8.00. The standard InChI is InChI=1S/C10H14N2O2.C10H16N2O2.2C7H8N2O2/c1-2-14-10(13)7-8-6-9-4-3-5-12(9)11-8;1-2-14-10(13)6-8(7-11)9-4-3-5-12-9;10-7(11)5-4-8-9-3-1-2-6(5)9;10-7(11)6-4-5-2-1-3-9(5)8-6/h6H,2-5,7H2,1H3;7H,2-6,11H2,1H3;2*4H,1-3H2,(H,10,11). The van der Waals surface area contributed by atoms with Crippen molar-refractivity contribution in [3.05, 3.63) is 64.1 Å². The lowest BCUT2D eigenvalue weighted by Crippen LogP contribution is -2.11. The van der Waals surface area contributed by atoms with Crippen LogP contribution in [-0.2, 0) is 64.4 Å². The number of aromatic carboxylic acids is 2. The van der Waals surface area contributed by atoms with Crippen molar-refractivity contribution in [2.24, 2.45) is 10.7 Å². The van der Waals surface area contributed by atoms with Crippen LogP contribution in [0.1, 0.15) is 96.0 Å². The number of ether oxygens (including phenoxy) is 2. The quantitative estimate of drug-likeness (QED) is 0.275. The molecule has 4 aliphatic rings. The van der Waals surface area contributed by atoms with Crippen LogP contribution in [0.2, 0.25) is 0 Å². The molecule has 0 saturated carbocycles. The highest BCUT2D eigenvalue weighted by Gasteiger charge is 2.20. The van der Waals surface area contributed by atoms with Crippen LogP contribution in [0, 0.1) is 0 Å². The number of aromatic nitrogens is 6. The lowest BCUT2D eigenvalue weighted by Gasteiger charge is -2.05. The number of carbonyl (C=O) groups is 4. The largest absolute Gasteiger partial charge is 0.478 e. The van der Waals surface area contributed by atoms with E-state index < -0.39 is 11.9 Å². The molecular weight excluding hydrogens is 648 g/mol. The van der Waals surface area contributed by atoms with Crippen molar-refractivity contribution in [1.29, 1.82) is 0 Å². The van der Waals surface area contributed by atoms with E-state index in [1.165, 1.54) is 24.5 Å². The summed E-state index contributed by atoms with van der Waals surface area (Å²) in [4.78, 5) is 47.6. The molecule has 7 rings (SSSR count). The Morgan fingerprint density at radius 1 is 0.820 bits per heavy atom. The van der Waals surface area contributed by atoms with E-state index in [2.05, 4.69) is 20.3 Å². The summed E-state index contributed by atoms with van der Waals surface area (Å²) in [5.74, 6) is -2.23. The van der Waals surface area contributed by atoms with Gasteiger partial charge in [-0.15, -0.1) is 0 Å². The Labute approximate surface area is 289 Å². The van der Waals surface area contributed by atoms with Gasteiger partial charge in [0.25, 0.3) is 0 Å². The molecule has 0 bridgehead atoms. The van der Waals surface area contributed by atoms with Gasteiger partial charge in [0.2, 0.25) is 0 Å². The second-order valence-corrected chi connectivity index (χ2v) is 11.8. The Kier molecular flexibility index (Phi) is 13.9. The van der Waals surface area contributed by atoms with Crippen LogP contribution in [0.4, 0.5) is 0 Å². The monoisotopic (exact) mass is 694 g/mol. The zero-order valence-electron chi connectivity index (χ0n) is 28.7. The number of esters is 2. The van der Waals surface area contributed by atoms with Gasteiger partial charge in [-0.1, -0.05) is 0 Å². The summed E-state index contributed by atoms with van der Waals surface area (Å²) < 4.78 is 15.2. The SMILES string of the molecule is CCOC(=O)CC(=CN)C1=NCCC1.CCOC(=O)Cc1cc2n(n1)CCC2.O=C(O)c1cc2n(n1)CCC2.O=C(O)c1cnn2c1CCC2. The maximum absolute atomic E-state index is 11.2. The molecular formula is C34H46N8O8. The normalized spacial score (nSPS) is 15.2. The molecule has 0 amide bonds. The summed E-state index contributed by atoms with van der Waals surface area (Å²) in [5, 5.41) is 29.4. The number of hydrogen-bond donors (Lipinski definition) is 3. The summed E-state index contributed by atoms with van der Waals surface area (Å²) in [6.07, 6.45) is 11.6. The summed E-state index contributed by atoms with van der Waals surface area (Å²) in [6, 6.07) is 3.65. The second-order valence-electron chi connectivity index (χ2n) is 11.8. The van der Waals surface area contributed by atoms with Crippen molar-refractivity contribution in [3.8, 4) is 0 Å². The van der Waals surface area contributed by atoms with E-state index in [0.29, 0.717) is 25.2 Å². The van der Waals surface area contributed by atoms with Crippen molar-refractivity contribution in [2.75, 3.05) is 19.8 Å². The average Bonchev–Trinajstić information content (AvgIpc) is 3.90. The molecule has 0 radical (unpaired) electrons. The third-order valence-electron chi connectivity index (χ3n) is 8.28. The number of aliphatic imine (C=N–C) groups is 1. The average molecular weight is 695 g/mol. The van der Waals surface area contributed by atoms with Crippen molar-refractivity contribution >= 4 is 29.6 Å². The van der Waals surface area contributed by atoms with E-state index in [9.17, 15) is 19.2 Å². The Bertz CT molecular complexity index is 1670. The van der Waals surface area contributed by atoms with E-state index in [-0.39, 0.29) is 24.1 Å². The predicted molar refractivity (Wildman–Crippen MR) is 181 cm³/mol. The predicted octanol–water partition coefficient (Wildman–Crippen LogP) is 3.01. The van der Waals surface area contributed by atoms with Crippen LogP contribution >= 0.6 is 0 Å². The van der Waals surface area contributed by atoms with Crippen LogP contribution in [-0.4, -0.2) is 88.9 Å². The Morgan fingerprint density at radius 3 is 2.04 bits per heavy atom. The van der Waals surface area contributed by atoms with Crippen molar-refractivity contribution in [2.45, 2.75) is 97.7 Å². The lowest BCUT2D eigenvalue weighted by molar-refractivity contribution is -0.143. The number of fused-ring (bicyclic) bond motifs is 3. The minimum Gasteiger partial charge on any atom is -0.478 e. The van der Waals surface area contributed by atoms with Crippen LogP contribution in [0.25, 0.3) is 0 Å². The maximum Gasteiger partial charge on any atom is 0.356 e. The molecule has 4 aliphatic heterocycles. The number of rotatable bonds is 9. The van der Waals surface area contributed by atoms with Crippen molar-refractivity contribution in [1.82, 2.24) is 29.3 Å². The van der Waals surface area contributed by atoms with Crippen LogP contribution in [0.3, 0.4) is 0 Å². The number of carboxylic acid groups (broad SMARTS) is 2. The molecule has 0 unspecified atom stereocenters. The van der Waals surface area contributed by atoms with Crippen LogP contribution in [0.15, 0.2) is 35.1 Å². The van der Waals surface area contributed by atoms with Gasteiger partial charge in [0.1, 0.15) is 5.56 Å². The molecule has 50 heavy (non-hydrogen) atoms. The Balaban J connectivity index is 0.000000151. The highest BCUT2D eigenvalue weighted by atomic mass is 16.5. The number of nitrogens with zero attached hydrogens (tertiary/aromatic N) is 7. The van der Waals surface area contributed by atoms with Crippen LogP contribution in [0.5, 0.6) is 0 Å². The molecule has 0 atom stereocenters. The third kappa shape index (κ3) is 10.4. The molecule has 3 aromatic heterocycles. The van der Waals surface area contributed by atoms with E-state index in [1.807, 2.05) is 17.7 Å². The Morgan fingerprint density at radius 2 is 1.46 bits per heavy atom. The van der Waals surface area contributed by atoms with Gasteiger partial charge in [-0.25, -0.2) is 9.59 Å². The van der Waals surface area contributed by atoms with Gasteiger partial charge in [0.05, 0.1) is 43.6 Å². The molecule has 3 aromatic rings. The minimum atomic E-state index is -0.938. The minimum absolute atomic E-state index is 0.166. The lowest BCUT2D eigenvalue weighted by atomic mass is 10.1. The molecule has 16 nitrogen and oxygen atoms in total. The fourth-order valence-corrected chi connectivity index (χ4v) is 6.00. The molecule has 0 aromatic carbocycles. The van der Waals surface area contributed by atoms with Gasteiger partial charge in [-0.3, -0.25) is 28.6 Å². The second kappa shape index (κ2) is 18.5. The number of carbonyl (C=O) groups excluding carboxylic acids is 2. The molecule has 4 N–H and O–H groups in total. The molecule has 0 saturated heterocycles. The molecule has 0 aliphatic carbocycles. The zero-order chi connectivity index (χ0) is 36.0. The van der Waals surface area contributed by atoms with E-state index in [1.54, 1.807) is 22.4 Å². The first-order chi connectivity index (χ1) is 24.1. The van der Waals surface area contributed by atoms with E-state index >= 15 is 0 Å².